The number of nitrogen functional groups attached to an aromatic ring is 1. The molecular weight excluding hydrogens is 315 g/mol. The summed E-state index contributed by atoms with van der Waals surface area (Å²) in [6.45, 7) is 0.225. The van der Waals surface area contributed by atoms with Crippen LogP contribution in [-0.2, 0) is 4.79 Å². The van der Waals surface area contributed by atoms with E-state index in [-0.39, 0.29) is 35.2 Å². The van der Waals surface area contributed by atoms with Gasteiger partial charge in [0.1, 0.15) is 16.7 Å². The maximum atomic E-state index is 11.7. The molecule has 0 atom stereocenters. The fraction of sp³-hybridized carbons (Fsp3) is 0.154. The summed E-state index contributed by atoms with van der Waals surface area (Å²) in [5, 5.41) is 2.68. The summed E-state index contributed by atoms with van der Waals surface area (Å²) >= 11 is 11.3. The molecule has 0 radical (unpaired) electrons. The first-order valence-corrected chi connectivity index (χ1v) is 6.77. The summed E-state index contributed by atoms with van der Waals surface area (Å²) in [5.74, 6) is 0.624. The van der Waals surface area contributed by atoms with Crippen molar-refractivity contribution in [3.05, 3.63) is 40.8 Å². The molecule has 0 aliphatic rings. The van der Waals surface area contributed by atoms with E-state index in [0.29, 0.717) is 11.4 Å². The number of hydrogen-bond donors (Lipinski definition) is 2. The van der Waals surface area contributed by atoms with Gasteiger partial charge in [0.25, 0.3) is 0 Å². The molecule has 2 aromatic rings. The zero-order valence-corrected chi connectivity index (χ0v) is 12.4. The number of nitrogens with one attached hydrogen (secondary N) is 1. The van der Waals surface area contributed by atoms with Crippen LogP contribution in [0.1, 0.15) is 6.42 Å². The van der Waals surface area contributed by atoms with Gasteiger partial charge in [-0.15, -0.1) is 0 Å². The number of carbonyl (C=O) groups is 1. The standard InChI is InChI=1S/C13H12Cl2N4O2/c14-10-7-11(19-13(15)17-10)18-12(20)5-6-21-9-3-1-8(16)2-4-9/h1-4,7H,5-6,16H2,(H,17,18,19,20). The topological polar surface area (TPSA) is 90.1 Å². The van der Waals surface area contributed by atoms with Crippen molar-refractivity contribution in [1.82, 2.24) is 9.97 Å². The van der Waals surface area contributed by atoms with Crippen molar-refractivity contribution in [2.75, 3.05) is 17.7 Å². The first kappa shape index (κ1) is 15.3. The van der Waals surface area contributed by atoms with Crippen LogP contribution in [0, 0.1) is 0 Å². The normalized spacial score (nSPS) is 10.2. The molecule has 0 saturated carbocycles. The van der Waals surface area contributed by atoms with E-state index in [1.54, 1.807) is 24.3 Å². The minimum Gasteiger partial charge on any atom is -0.493 e. The van der Waals surface area contributed by atoms with Gasteiger partial charge in [0, 0.05) is 11.8 Å². The lowest BCUT2D eigenvalue weighted by Crippen LogP contribution is -2.16. The molecule has 0 saturated heterocycles. The number of amides is 1. The molecular formula is C13H12Cl2N4O2. The van der Waals surface area contributed by atoms with E-state index in [4.69, 9.17) is 33.7 Å². The summed E-state index contributed by atoms with van der Waals surface area (Å²) < 4.78 is 5.42. The Bertz CT molecular complexity index is 614. The lowest BCUT2D eigenvalue weighted by molar-refractivity contribution is -0.116. The minimum absolute atomic E-state index is 0.0316. The monoisotopic (exact) mass is 326 g/mol. The largest absolute Gasteiger partial charge is 0.493 e. The Labute approximate surface area is 131 Å². The predicted molar refractivity (Wildman–Crippen MR) is 81.6 cm³/mol. The van der Waals surface area contributed by atoms with Crippen LogP contribution in [0.15, 0.2) is 30.3 Å². The Hall–Kier alpha value is -2.05. The highest BCUT2D eigenvalue weighted by atomic mass is 35.5. The van der Waals surface area contributed by atoms with Crippen LogP contribution in [0.3, 0.4) is 0 Å². The van der Waals surface area contributed by atoms with Crippen molar-refractivity contribution in [2.24, 2.45) is 0 Å². The highest BCUT2D eigenvalue weighted by Crippen LogP contribution is 2.15. The average Bonchev–Trinajstić information content (AvgIpc) is 2.39. The molecule has 21 heavy (non-hydrogen) atoms. The molecule has 0 spiro atoms. The number of aromatic nitrogens is 2. The Kier molecular flexibility index (Phi) is 5.19. The van der Waals surface area contributed by atoms with Gasteiger partial charge in [-0.05, 0) is 35.9 Å². The van der Waals surface area contributed by atoms with Gasteiger partial charge in [-0.1, -0.05) is 11.6 Å². The Balaban J connectivity index is 1.80. The molecule has 0 fully saturated rings. The molecule has 2 rings (SSSR count). The maximum Gasteiger partial charge on any atom is 0.228 e. The van der Waals surface area contributed by atoms with Crippen LogP contribution >= 0.6 is 23.2 Å². The van der Waals surface area contributed by atoms with Crippen LogP contribution in [0.5, 0.6) is 5.75 Å². The molecule has 8 heteroatoms. The Morgan fingerprint density at radius 1 is 1.24 bits per heavy atom. The second-order valence-electron chi connectivity index (χ2n) is 4.06. The van der Waals surface area contributed by atoms with Gasteiger partial charge >= 0.3 is 0 Å². The van der Waals surface area contributed by atoms with Crippen molar-refractivity contribution in [2.45, 2.75) is 6.42 Å². The number of rotatable bonds is 5. The SMILES string of the molecule is Nc1ccc(OCCC(=O)Nc2cc(Cl)nc(Cl)n2)cc1. The molecule has 1 aromatic heterocycles. The van der Waals surface area contributed by atoms with Crippen LogP contribution in [0.2, 0.25) is 10.4 Å². The summed E-state index contributed by atoms with van der Waals surface area (Å²) in [6.07, 6.45) is 0.156. The second kappa shape index (κ2) is 7.10. The van der Waals surface area contributed by atoms with Gasteiger partial charge in [0.15, 0.2) is 0 Å². The lowest BCUT2D eigenvalue weighted by Gasteiger charge is -2.07. The van der Waals surface area contributed by atoms with Gasteiger partial charge in [-0.3, -0.25) is 4.79 Å². The van der Waals surface area contributed by atoms with Gasteiger partial charge in [0.05, 0.1) is 13.0 Å². The van der Waals surface area contributed by atoms with E-state index < -0.39 is 0 Å². The molecule has 3 N–H and O–H groups in total. The minimum atomic E-state index is -0.267. The zero-order chi connectivity index (χ0) is 15.2. The Morgan fingerprint density at radius 3 is 2.62 bits per heavy atom. The molecule has 0 aliphatic carbocycles. The van der Waals surface area contributed by atoms with Crippen LogP contribution < -0.4 is 15.8 Å². The lowest BCUT2D eigenvalue weighted by atomic mass is 10.3. The average molecular weight is 327 g/mol. The number of benzene rings is 1. The van der Waals surface area contributed by atoms with Crippen molar-refractivity contribution < 1.29 is 9.53 Å². The third-order valence-electron chi connectivity index (χ3n) is 2.41. The third-order valence-corrected chi connectivity index (χ3v) is 2.78. The summed E-state index contributed by atoms with van der Waals surface area (Å²) in [5.41, 5.74) is 6.21. The number of ether oxygens (including phenoxy) is 1. The molecule has 6 nitrogen and oxygen atoms in total. The predicted octanol–water partition coefficient (Wildman–Crippen LogP) is 2.77. The van der Waals surface area contributed by atoms with E-state index in [1.807, 2.05) is 0 Å². The van der Waals surface area contributed by atoms with Crippen LogP contribution in [-0.4, -0.2) is 22.5 Å². The molecule has 1 aromatic carbocycles. The van der Waals surface area contributed by atoms with Crippen molar-refractivity contribution in [3.63, 3.8) is 0 Å². The number of carbonyl (C=O) groups excluding carboxylic acids is 1. The number of halogens is 2. The quantitative estimate of drug-likeness (QED) is 0.501. The molecule has 1 amide bonds. The first-order chi connectivity index (χ1) is 10.0. The third kappa shape index (κ3) is 5.09. The summed E-state index contributed by atoms with van der Waals surface area (Å²) in [7, 11) is 0. The smallest absolute Gasteiger partial charge is 0.228 e. The summed E-state index contributed by atoms with van der Waals surface area (Å²) in [4.78, 5) is 19.2. The van der Waals surface area contributed by atoms with Gasteiger partial charge in [-0.2, -0.15) is 0 Å². The van der Waals surface area contributed by atoms with Crippen molar-refractivity contribution >= 4 is 40.6 Å². The molecule has 0 aliphatic heterocycles. The van der Waals surface area contributed by atoms with Gasteiger partial charge < -0.3 is 15.8 Å². The number of nitrogens with two attached hydrogens (primary N) is 1. The van der Waals surface area contributed by atoms with E-state index in [9.17, 15) is 4.79 Å². The van der Waals surface area contributed by atoms with E-state index in [2.05, 4.69) is 15.3 Å². The summed E-state index contributed by atoms with van der Waals surface area (Å²) in [6, 6.07) is 8.32. The molecule has 0 unspecified atom stereocenters. The highest BCUT2D eigenvalue weighted by Gasteiger charge is 2.06. The molecule has 0 bridgehead atoms. The highest BCUT2D eigenvalue weighted by molar-refractivity contribution is 6.32. The molecule has 110 valence electrons. The van der Waals surface area contributed by atoms with Gasteiger partial charge in [0.2, 0.25) is 11.2 Å². The van der Waals surface area contributed by atoms with E-state index in [0.717, 1.165) is 0 Å². The second-order valence-corrected chi connectivity index (χ2v) is 4.79. The van der Waals surface area contributed by atoms with Crippen LogP contribution in [0.4, 0.5) is 11.5 Å². The van der Waals surface area contributed by atoms with Crippen LogP contribution in [0.25, 0.3) is 0 Å². The fourth-order valence-electron chi connectivity index (χ4n) is 1.48. The maximum absolute atomic E-state index is 11.7. The molecule has 1 heterocycles. The van der Waals surface area contributed by atoms with E-state index in [1.165, 1.54) is 6.07 Å². The van der Waals surface area contributed by atoms with Gasteiger partial charge in [-0.25, -0.2) is 9.97 Å². The first-order valence-electron chi connectivity index (χ1n) is 6.01. The number of hydrogen-bond acceptors (Lipinski definition) is 5. The van der Waals surface area contributed by atoms with Crippen molar-refractivity contribution in [1.29, 1.82) is 0 Å². The van der Waals surface area contributed by atoms with Crippen molar-refractivity contribution in [3.8, 4) is 5.75 Å². The van der Waals surface area contributed by atoms with E-state index >= 15 is 0 Å². The number of nitrogens with zero attached hydrogens (tertiary/aromatic N) is 2. The fourth-order valence-corrected chi connectivity index (χ4v) is 1.89. The number of anilines is 2. The zero-order valence-electron chi connectivity index (χ0n) is 10.8. The Morgan fingerprint density at radius 2 is 1.95 bits per heavy atom.